The summed E-state index contributed by atoms with van der Waals surface area (Å²) in [4.78, 5) is 24.6. The van der Waals surface area contributed by atoms with Crippen LogP contribution >= 0.6 is 0 Å². The van der Waals surface area contributed by atoms with Gasteiger partial charge in [0.15, 0.2) is 0 Å². The second kappa shape index (κ2) is 5.10. The molecule has 1 rings (SSSR count). The van der Waals surface area contributed by atoms with Crippen LogP contribution in [0.2, 0.25) is 0 Å². The molecule has 88 valence electrons. The van der Waals surface area contributed by atoms with Crippen LogP contribution < -0.4 is 21.3 Å². The molecule has 0 aliphatic carbocycles. The first kappa shape index (κ1) is 12.0. The number of hydrogen-bond donors (Lipinski definition) is 3. The van der Waals surface area contributed by atoms with Gasteiger partial charge in [-0.2, -0.15) is 15.0 Å². The molecule has 1 amide bonds. The molecule has 1 aromatic heterocycles. The van der Waals surface area contributed by atoms with Crippen molar-refractivity contribution in [3.63, 3.8) is 0 Å². The molecule has 8 heteroatoms. The Morgan fingerprint density at radius 1 is 1.31 bits per heavy atom. The first-order chi connectivity index (χ1) is 7.52. The number of carbonyl (C=O) groups excluding carboxylic acids is 1. The predicted octanol–water partition coefficient (Wildman–Crippen LogP) is -1.12. The van der Waals surface area contributed by atoms with Gasteiger partial charge in [0, 0.05) is 21.1 Å². The lowest BCUT2D eigenvalue weighted by atomic mass is 10.6. The first-order valence-electron chi connectivity index (χ1n) is 4.66. The molecule has 0 fully saturated rings. The number of rotatable bonds is 5. The highest BCUT2D eigenvalue weighted by atomic mass is 16.1. The first-order valence-corrected chi connectivity index (χ1v) is 4.66. The van der Waals surface area contributed by atoms with Crippen molar-refractivity contribution in [2.45, 2.75) is 0 Å². The van der Waals surface area contributed by atoms with Crippen LogP contribution in [-0.2, 0) is 4.79 Å². The number of primary amides is 1. The van der Waals surface area contributed by atoms with Gasteiger partial charge in [-0.25, -0.2) is 0 Å². The van der Waals surface area contributed by atoms with Gasteiger partial charge in [0.1, 0.15) is 0 Å². The third kappa shape index (κ3) is 3.23. The third-order valence-corrected chi connectivity index (χ3v) is 1.67. The zero-order chi connectivity index (χ0) is 12.1. The quantitative estimate of drug-likeness (QED) is 0.582. The molecule has 0 aromatic carbocycles. The van der Waals surface area contributed by atoms with Gasteiger partial charge in [-0.1, -0.05) is 0 Å². The Hall–Kier alpha value is -2.12. The van der Waals surface area contributed by atoms with Crippen molar-refractivity contribution >= 4 is 23.8 Å². The lowest BCUT2D eigenvalue weighted by Gasteiger charge is -2.12. The Balaban J connectivity index is 2.90. The molecule has 4 N–H and O–H groups in total. The number of nitrogens with two attached hydrogens (primary N) is 1. The van der Waals surface area contributed by atoms with Gasteiger partial charge in [0.25, 0.3) is 0 Å². The Kier molecular flexibility index (Phi) is 3.81. The number of nitrogens with zero attached hydrogens (tertiary/aromatic N) is 4. The number of carbonyl (C=O) groups is 1. The second-order valence-electron chi connectivity index (χ2n) is 3.25. The minimum Gasteiger partial charge on any atom is -0.368 e. The maximum Gasteiger partial charge on any atom is 0.236 e. The normalized spacial score (nSPS) is 9.69. The lowest BCUT2D eigenvalue weighted by molar-refractivity contribution is -0.116. The highest BCUT2D eigenvalue weighted by molar-refractivity contribution is 5.78. The molecule has 1 aromatic rings. The molecule has 0 spiro atoms. The molecule has 0 saturated heterocycles. The molecule has 16 heavy (non-hydrogen) atoms. The maximum absolute atomic E-state index is 10.6. The van der Waals surface area contributed by atoms with Crippen molar-refractivity contribution in [2.75, 3.05) is 43.2 Å². The standard InChI is InChI=1S/C8H15N7O/c1-10-6-12-7(11-4-5(9)16)14-8(13-6)15(2)3/h4H2,1-3H3,(H2,9,16)(H2,10,11,12,13,14). The third-order valence-electron chi connectivity index (χ3n) is 1.67. The van der Waals surface area contributed by atoms with Crippen molar-refractivity contribution in [2.24, 2.45) is 5.73 Å². The van der Waals surface area contributed by atoms with Crippen molar-refractivity contribution in [1.29, 1.82) is 0 Å². The average molecular weight is 225 g/mol. The number of anilines is 3. The summed E-state index contributed by atoms with van der Waals surface area (Å²) in [6, 6.07) is 0. The van der Waals surface area contributed by atoms with Gasteiger partial charge >= 0.3 is 0 Å². The summed E-state index contributed by atoms with van der Waals surface area (Å²) in [6.45, 7) is -0.0139. The topological polar surface area (TPSA) is 109 Å². The zero-order valence-electron chi connectivity index (χ0n) is 9.48. The average Bonchev–Trinajstić information content (AvgIpc) is 2.25. The fourth-order valence-corrected chi connectivity index (χ4v) is 0.922. The van der Waals surface area contributed by atoms with Crippen LogP contribution in [0.1, 0.15) is 0 Å². The van der Waals surface area contributed by atoms with Crippen molar-refractivity contribution < 1.29 is 4.79 Å². The lowest BCUT2D eigenvalue weighted by Crippen LogP contribution is -2.24. The molecule has 0 bridgehead atoms. The van der Waals surface area contributed by atoms with Gasteiger partial charge in [0.2, 0.25) is 23.8 Å². The van der Waals surface area contributed by atoms with E-state index in [1.807, 2.05) is 14.1 Å². The molecule has 1 heterocycles. The van der Waals surface area contributed by atoms with Crippen molar-refractivity contribution in [1.82, 2.24) is 15.0 Å². The number of aromatic nitrogens is 3. The van der Waals surface area contributed by atoms with Gasteiger partial charge in [0.05, 0.1) is 6.54 Å². The summed E-state index contributed by atoms with van der Waals surface area (Å²) >= 11 is 0. The van der Waals surface area contributed by atoms with E-state index in [-0.39, 0.29) is 6.54 Å². The van der Waals surface area contributed by atoms with E-state index in [0.29, 0.717) is 17.8 Å². The minimum atomic E-state index is -0.474. The van der Waals surface area contributed by atoms with E-state index in [4.69, 9.17) is 5.73 Å². The highest BCUT2D eigenvalue weighted by Gasteiger charge is 2.07. The van der Waals surface area contributed by atoms with Gasteiger partial charge in [-0.05, 0) is 0 Å². The van der Waals surface area contributed by atoms with Gasteiger partial charge < -0.3 is 21.3 Å². The van der Waals surface area contributed by atoms with E-state index in [2.05, 4.69) is 25.6 Å². The molecule has 0 saturated carbocycles. The fraction of sp³-hybridized carbons (Fsp3) is 0.500. The van der Waals surface area contributed by atoms with Crippen LogP contribution in [0, 0.1) is 0 Å². The minimum absolute atomic E-state index is 0.0139. The zero-order valence-corrected chi connectivity index (χ0v) is 9.48. The van der Waals surface area contributed by atoms with E-state index in [0.717, 1.165) is 0 Å². The number of nitrogens with one attached hydrogen (secondary N) is 2. The Labute approximate surface area is 93.3 Å². The Morgan fingerprint density at radius 2 is 1.94 bits per heavy atom. The van der Waals surface area contributed by atoms with Crippen LogP contribution in [-0.4, -0.2) is 48.5 Å². The summed E-state index contributed by atoms with van der Waals surface area (Å²) in [5.41, 5.74) is 5.01. The van der Waals surface area contributed by atoms with E-state index >= 15 is 0 Å². The SMILES string of the molecule is CNc1nc(NCC(N)=O)nc(N(C)C)n1. The summed E-state index contributed by atoms with van der Waals surface area (Å²) in [6.07, 6.45) is 0. The van der Waals surface area contributed by atoms with Crippen LogP contribution in [0.3, 0.4) is 0 Å². The van der Waals surface area contributed by atoms with Crippen LogP contribution in [0.25, 0.3) is 0 Å². The summed E-state index contributed by atoms with van der Waals surface area (Å²) in [5, 5.41) is 5.52. The summed E-state index contributed by atoms with van der Waals surface area (Å²) in [5.74, 6) is 0.747. The van der Waals surface area contributed by atoms with E-state index in [9.17, 15) is 4.79 Å². The molecule has 0 atom stereocenters. The molecule has 0 unspecified atom stereocenters. The largest absolute Gasteiger partial charge is 0.368 e. The summed E-state index contributed by atoms with van der Waals surface area (Å²) in [7, 11) is 5.33. The Morgan fingerprint density at radius 3 is 2.44 bits per heavy atom. The molecule has 8 nitrogen and oxygen atoms in total. The van der Waals surface area contributed by atoms with Gasteiger partial charge in [-0.15, -0.1) is 0 Å². The van der Waals surface area contributed by atoms with Crippen molar-refractivity contribution in [3.05, 3.63) is 0 Å². The number of amides is 1. The Bertz CT molecular complexity index is 379. The predicted molar refractivity (Wildman–Crippen MR) is 61.4 cm³/mol. The fourth-order valence-electron chi connectivity index (χ4n) is 0.922. The van der Waals surface area contributed by atoms with Crippen LogP contribution in [0.5, 0.6) is 0 Å². The van der Waals surface area contributed by atoms with E-state index in [1.54, 1.807) is 11.9 Å². The number of hydrogen-bond acceptors (Lipinski definition) is 7. The molecule has 0 radical (unpaired) electrons. The van der Waals surface area contributed by atoms with Gasteiger partial charge in [-0.3, -0.25) is 4.79 Å². The van der Waals surface area contributed by atoms with Crippen molar-refractivity contribution in [3.8, 4) is 0 Å². The second-order valence-corrected chi connectivity index (χ2v) is 3.25. The molecule has 0 aliphatic heterocycles. The molecular formula is C8H15N7O. The molecular weight excluding hydrogens is 210 g/mol. The van der Waals surface area contributed by atoms with Crippen LogP contribution in [0.4, 0.5) is 17.8 Å². The molecule has 0 aliphatic rings. The summed E-state index contributed by atoms with van der Waals surface area (Å²) < 4.78 is 0. The van der Waals surface area contributed by atoms with Crippen LogP contribution in [0.15, 0.2) is 0 Å². The monoisotopic (exact) mass is 225 g/mol. The van der Waals surface area contributed by atoms with E-state index < -0.39 is 5.91 Å². The maximum atomic E-state index is 10.6. The van der Waals surface area contributed by atoms with E-state index in [1.165, 1.54) is 0 Å². The smallest absolute Gasteiger partial charge is 0.236 e. The highest BCUT2D eigenvalue weighted by Crippen LogP contribution is 2.10.